The van der Waals surface area contributed by atoms with Crippen molar-refractivity contribution < 1.29 is 22.8 Å². The number of rotatable bonds is 5. The predicted molar refractivity (Wildman–Crippen MR) is 135 cm³/mol. The zero-order valence-corrected chi connectivity index (χ0v) is 20.5. The van der Waals surface area contributed by atoms with Crippen LogP contribution in [0.5, 0.6) is 0 Å². The molecule has 2 aromatic carbocycles. The molecule has 1 amide bonds. The van der Waals surface area contributed by atoms with E-state index >= 15 is 0 Å². The molecule has 3 aromatic rings. The van der Waals surface area contributed by atoms with Crippen molar-refractivity contribution in [2.45, 2.75) is 43.9 Å². The summed E-state index contributed by atoms with van der Waals surface area (Å²) in [6.45, 7) is -0.199. The Morgan fingerprint density at radius 2 is 1.73 bits per heavy atom. The minimum Gasteiger partial charge on any atom is -0.305 e. The van der Waals surface area contributed by atoms with E-state index in [1.807, 2.05) is 6.07 Å². The molecule has 1 aromatic heterocycles. The van der Waals surface area contributed by atoms with Crippen molar-refractivity contribution in [3.8, 4) is 11.3 Å². The number of ketones is 1. The summed E-state index contributed by atoms with van der Waals surface area (Å²) in [4.78, 5) is 37.6. The highest BCUT2D eigenvalue weighted by atomic mass is 35.5. The second kappa shape index (κ2) is 9.74. The van der Waals surface area contributed by atoms with Crippen LogP contribution in [0.3, 0.4) is 0 Å². The maximum absolute atomic E-state index is 13.6. The molecule has 1 aliphatic carbocycles. The molecule has 5 nitrogen and oxygen atoms in total. The maximum atomic E-state index is 13.6. The topological polar surface area (TPSA) is 62.6 Å². The monoisotopic (exact) mass is 525 g/mol. The van der Waals surface area contributed by atoms with E-state index in [0.717, 1.165) is 31.4 Å². The Morgan fingerprint density at radius 3 is 2.38 bits per heavy atom. The van der Waals surface area contributed by atoms with Gasteiger partial charge in [0.1, 0.15) is 11.4 Å². The van der Waals surface area contributed by atoms with E-state index in [2.05, 4.69) is 4.98 Å². The maximum Gasteiger partial charge on any atom is 0.416 e. The number of amides is 1. The Morgan fingerprint density at radius 1 is 1.00 bits per heavy atom. The van der Waals surface area contributed by atoms with Gasteiger partial charge in [0.25, 0.3) is 5.91 Å². The number of carbonyl (C=O) groups excluding carboxylic acids is 2. The summed E-state index contributed by atoms with van der Waals surface area (Å²) in [7, 11) is 0. The van der Waals surface area contributed by atoms with Gasteiger partial charge in [-0.2, -0.15) is 13.2 Å². The zero-order valence-electron chi connectivity index (χ0n) is 19.8. The molecule has 0 radical (unpaired) electrons. The molecule has 1 spiro atoms. The highest BCUT2D eigenvalue weighted by Gasteiger charge is 2.48. The number of hydrogen-bond acceptors (Lipinski definition) is 4. The largest absolute Gasteiger partial charge is 0.416 e. The van der Waals surface area contributed by atoms with Gasteiger partial charge >= 0.3 is 6.18 Å². The normalized spacial score (nSPS) is 17.2. The Balaban J connectivity index is 1.44. The van der Waals surface area contributed by atoms with E-state index in [1.54, 1.807) is 36.5 Å². The van der Waals surface area contributed by atoms with Gasteiger partial charge in [-0.3, -0.25) is 19.6 Å². The number of aromatic nitrogens is 1. The highest BCUT2D eigenvalue weighted by Crippen LogP contribution is 2.40. The minimum absolute atomic E-state index is 0.0914. The lowest BCUT2D eigenvalue weighted by atomic mass is 9.88. The first-order valence-corrected chi connectivity index (χ1v) is 12.4. The first-order valence-electron chi connectivity index (χ1n) is 12.0. The van der Waals surface area contributed by atoms with Crippen LogP contribution in [0.1, 0.15) is 53.6 Å². The van der Waals surface area contributed by atoms with Gasteiger partial charge in [0, 0.05) is 22.9 Å². The summed E-state index contributed by atoms with van der Waals surface area (Å²) in [5.41, 5.74) is 0.334. The van der Waals surface area contributed by atoms with E-state index in [-0.39, 0.29) is 18.0 Å². The molecule has 0 atom stereocenters. The number of alkyl halides is 3. The molecule has 37 heavy (non-hydrogen) atoms. The summed E-state index contributed by atoms with van der Waals surface area (Å²) in [6, 6.07) is 14.7. The summed E-state index contributed by atoms with van der Waals surface area (Å²) >= 11 is 6.37. The van der Waals surface area contributed by atoms with Crippen molar-refractivity contribution >= 4 is 29.0 Å². The number of Topliss-reactive ketones (excluding diaryl/α,β-unsaturated/α-hetero) is 1. The van der Waals surface area contributed by atoms with Crippen LogP contribution < -0.4 is 0 Å². The molecule has 0 N–H and O–H groups in total. The van der Waals surface area contributed by atoms with Gasteiger partial charge in [-0.15, -0.1) is 0 Å². The first kappa shape index (κ1) is 25.1. The van der Waals surface area contributed by atoms with Crippen LogP contribution in [-0.2, 0) is 11.0 Å². The Hall–Kier alpha value is -3.52. The first-order chi connectivity index (χ1) is 17.7. The molecule has 0 bridgehead atoms. The SMILES string of the molecule is O=C(CN1C(=O)C(c2ccc(C(F)(F)F)cc2)=NC12CCCCC2)c1ccc(Cl)c(-c2ccccn2)c1. The van der Waals surface area contributed by atoms with Crippen LogP contribution in [0.15, 0.2) is 71.9 Å². The van der Waals surface area contributed by atoms with Gasteiger partial charge in [0.15, 0.2) is 5.78 Å². The highest BCUT2D eigenvalue weighted by molar-refractivity contribution is 6.47. The summed E-state index contributed by atoms with van der Waals surface area (Å²) in [5, 5.41) is 0.448. The van der Waals surface area contributed by atoms with Crippen LogP contribution in [0, 0.1) is 0 Å². The van der Waals surface area contributed by atoms with E-state index in [4.69, 9.17) is 16.6 Å². The second-order valence-corrected chi connectivity index (χ2v) is 9.71. The fourth-order valence-corrected chi connectivity index (χ4v) is 5.22. The molecule has 2 aliphatic rings. The van der Waals surface area contributed by atoms with E-state index in [1.165, 1.54) is 17.0 Å². The van der Waals surface area contributed by atoms with Gasteiger partial charge in [-0.25, -0.2) is 0 Å². The Kier molecular flexibility index (Phi) is 6.62. The van der Waals surface area contributed by atoms with Gasteiger partial charge in [0.05, 0.1) is 22.8 Å². The lowest BCUT2D eigenvalue weighted by Gasteiger charge is -2.38. The number of aliphatic imine (C=N–C) groups is 1. The number of hydrogen-bond donors (Lipinski definition) is 0. The Labute approximate surface area is 217 Å². The van der Waals surface area contributed by atoms with Gasteiger partial charge in [-0.05, 0) is 68.1 Å². The van der Waals surface area contributed by atoms with Crippen LogP contribution in [-0.4, -0.2) is 39.5 Å². The molecule has 0 unspecified atom stereocenters. The summed E-state index contributed by atoms with van der Waals surface area (Å²) in [5.74, 6) is -0.732. The third-order valence-corrected chi connectivity index (χ3v) is 7.27. The quantitative estimate of drug-likeness (QED) is 0.353. The van der Waals surface area contributed by atoms with Crippen LogP contribution >= 0.6 is 11.6 Å². The van der Waals surface area contributed by atoms with E-state index in [9.17, 15) is 22.8 Å². The molecular formula is C28H23ClF3N3O2. The third-order valence-electron chi connectivity index (χ3n) is 6.94. The van der Waals surface area contributed by atoms with Gasteiger partial charge < -0.3 is 4.90 Å². The van der Waals surface area contributed by atoms with Crippen molar-refractivity contribution in [3.05, 3.63) is 88.6 Å². The van der Waals surface area contributed by atoms with Crippen LogP contribution in [0.25, 0.3) is 11.3 Å². The van der Waals surface area contributed by atoms with Crippen molar-refractivity contribution in [3.63, 3.8) is 0 Å². The smallest absolute Gasteiger partial charge is 0.305 e. The van der Waals surface area contributed by atoms with Crippen LogP contribution in [0.2, 0.25) is 5.02 Å². The average Bonchev–Trinajstić information content (AvgIpc) is 3.15. The fourth-order valence-electron chi connectivity index (χ4n) is 5.01. The van der Waals surface area contributed by atoms with Gasteiger partial charge in [-0.1, -0.05) is 36.2 Å². The van der Waals surface area contributed by atoms with Crippen molar-refractivity contribution in [1.82, 2.24) is 9.88 Å². The predicted octanol–water partition coefficient (Wildman–Crippen LogP) is 6.60. The molecule has 190 valence electrons. The number of nitrogens with zero attached hydrogens (tertiary/aromatic N) is 3. The zero-order chi connectivity index (χ0) is 26.2. The lowest BCUT2D eigenvalue weighted by molar-refractivity contribution is -0.137. The molecule has 1 saturated carbocycles. The van der Waals surface area contributed by atoms with Crippen molar-refractivity contribution in [2.75, 3.05) is 6.54 Å². The number of carbonyl (C=O) groups is 2. The lowest BCUT2D eigenvalue weighted by Crippen LogP contribution is -2.50. The summed E-state index contributed by atoms with van der Waals surface area (Å²) in [6.07, 6.45) is 1.02. The Bertz CT molecular complexity index is 1370. The number of pyridine rings is 1. The van der Waals surface area contributed by atoms with Crippen molar-refractivity contribution in [2.24, 2.45) is 4.99 Å². The fraction of sp³-hybridized carbons (Fsp3) is 0.286. The molecule has 1 fully saturated rings. The number of halogens is 4. The molecule has 9 heteroatoms. The standard InChI is InChI=1S/C28H23ClF3N3O2/c29-22-12-9-19(16-21(22)23-6-2-5-15-33-23)24(36)17-35-26(37)25(34-27(35)13-3-1-4-14-27)18-7-10-20(11-8-18)28(30,31)32/h2,5-12,15-16H,1,3-4,13-14,17H2. The van der Waals surface area contributed by atoms with Crippen molar-refractivity contribution in [1.29, 1.82) is 0 Å². The van der Waals surface area contributed by atoms with E-state index in [0.29, 0.717) is 40.2 Å². The molecule has 1 aliphatic heterocycles. The van der Waals surface area contributed by atoms with E-state index < -0.39 is 23.3 Å². The second-order valence-electron chi connectivity index (χ2n) is 9.30. The third kappa shape index (κ3) is 4.90. The molecule has 5 rings (SSSR count). The molecule has 2 heterocycles. The molecule has 0 saturated heterocycles. The number of benzene rings is 2. The molecular weight excluding hydrogens is 503 g/mol. The average molecular weight is 526 g/mol. The van der Waals surface area contributed by atoms with Gasteiger partial charge in [0.2, 0.25) is 0 Å². The minimum atomic E-state index is -4.48. The van der Waals surface area contributed by atoms with Crippen LogP contribution in [0.4, 0.5) is 13.2 Å². The summed E-state index contributed by atoms with van der Waals surface area (Å²) < 4.78 is 39.1.